The molecule has 1 atom stereocenters. The molecule has 0 spiro atoms. The van der Waals surface area contributed by atoms with E-state index in [0.29, 0.717) is 26.8 Å². The van der Waals surface area contributed by atoms with Gasteiger partial charge in [-0.15, -0.1) is 0 Å². The van der Waals surface area contributed by atoms with E-state index in [-0.39, 0.29) is 29.5 Å². The molecule has 1 aromatic heterocycles. The maximum Gasteiger partial charge on any atom is 0.312 e. The Morgan fingerprint density at radius 1 is 1.26 bits per heavy atom. The molecule has 31 heavy (non-hydrogen) atoms. The average molecular weight is 552 g/mol. The largest absolute Gasteiger partial charge is 0.487 e. The fourth-order valence-electron chi connectivity index (χ4n) is 3.03. The normalized spacial score (nSPS) is 12.4. The van der Waals surface area contributed by atoms with Crippen LogP contribution in [-0.2, 0) is 0 Å². The van der Waals surface area contributed by atoms with E-state index in [4.69, 9.17) is 4.74 Å². The highest BCUT2D eigenvalue weighted by molar-refractivity contribution is 9.10. The Morgan fingerprint density at radius 3 is 2.65 bits per heavy atom. The smallest absolute Gasteiger partial charge is 0.312 e. The third-order valence-corrected chi connectivity index (χ3v) is 5.70. The number of fused-ring (bicyclic) bond motifs is 1. The van der Waals surface area contributed by atoms with Crippen LogP contribution in [0.3, 0.4) is 0 Å². The summed E-state index contributed by atoms with van der Waals surface area (Å²) >= 11 is 6.67. The maximum absolute atomic E-state index is 13.2. The molecule has 0 aliphatic carbocycles. The number of hydrogen-bond acceptors (Lipinski definition) is 6. The van der Waals surface area contributed by atoms with Crippen molar-refractivity contribution in [1.29, 1.82) is 0 Å². The topological polar surface area (TPSA) is 99.6 Å². The van der Waals surface area contributed by atoms with Gasteiger partial charge in [0.05, 0.1) is 28.6 Å². The standard InChI is InChI=1S/C21H20Br2N4O4/c1-4-12(3)20-25-17-7-6-14(22)9-16(17)21(28)26(20)24-11-13-8-15(23)10-18(27(29)30)19(13)31-5-2/h6-12H,4-5H2,1-3H3/t12-/m0/s1. The van der Waals surface area contributed by atoms with Crippen LogP contribution < -0.4 is 10.3 Å². The number of nitro groups is 1. The highest BCUT2D eigenvalue weighted by atomic mass is 79.9. The lowest BCUT2D eigenvalue weighted by molar-refractivity contribution is -0.385. The SMILES string of the molecule is CCOc1c(C=Nn2c([C@@H](C)CC)nc3ccc(Br)cc3c2=O)cc(Br)cc1[N+](=O)[O-]. The van der Waals surface area contributed by atoms with Crippen molar-refractivity contribution in [2.75, 3.05) is 6.61 Å². The summed E-state index contributed by atoms with van der Waals surface area (Å²) in [5.74, 6) is 0.580. The maximum atomic E-state index is 13.2. The molecular weight excluding hydrogens is 532 g/mol. The highest BCUT2D eigenvalue weighted by Gasteiger charge is 2.21. The van der Waals surface area contributed by atoms with E-state index in [1.165, 1.54) is 17.0 Å². The highest BCUT2D eigenvalue weighted by Crippen LogP contribution is 2.34. The number of ether oxygens (including phenoxy) is 1. The van der Waals surface area contributed by atoms with E-state index in [0.717, 1.165) is 10.9 Å². The number of halogens is 2. The number of nitro benzene ring substituents is 1. The molecule has 0 amide bonds. The third kappa shape index (κ3) is 4.85. The van der Waals surface area contributed by atoms with Gasteiger partial charge in [-0.3, -0.25) is 14.9 Å². The second kappa shape index (κ2) is 9.69. The molecule has 0 saturated heterocycles. The monoisotopic (exact) mass is 550 g/mol. The number of hydrogen-bond donors (Lipinski definition) is 0. The average Bonchev–Trinajstić information content (AvgIpc) is 2.74. The fourth-order valence-corrected chi connectivity index (χ4v) is 3.86. The summed E-state index contributed by atoms with van der Waals surface area (Å²) in [4.78, 5) is 28.9. The van der Waals surface area contributed by atoms with Crippen LogP contribution in [0.1, 0.15) is 44.5 Å². The minimum absolute atomic E-state index is 0.0268. The van der Waals surface area contributed by atoms with Crippen molar-refractivity contribution in [3.8, 4) is 5.75 Å². The summed E-state index contributed by atoms with van der Waals surface area (Å²) < 4.78 is 8.04. The summed E-state index contributed by atoms with van der Waals surface area (Å²) in [5, 5.41) is 16.3. The first-order valence-electron chi connectivity index (χ1n) is 9.64. The molecule has 0 N–H and O–H groups in total. The molecule has 0 saturated carbocycles. The summed E-state index contributed by atoms with van der Waals surface area (Å²) in [6, 6.07) is 8.34. The molecule has 2 aromatic carbocycles. The van der Waals surface area contributed by atoms with Gasteiger partial charge in [0.2, 0.25) is 5.75 Å². The van der Waals surface area contributed by atoms with Gasteiger partial charge in [-0.05, 0) is 37.6 Å². The molecule has 3 aromatic rings. The van der Waals surface area contributed by atoms with Crippen molar-refractivity contribution < 1.29 is 9.66 Å². The van der Waals surface area contributed by atoms with Crippen molar-refractivity contribution in [2.24, 2.45) is 5.10 Å². The minimum Gasteiger partial charge on any atom is -0.487 e. The molecule has 0 fully saturated rings. The zero-order chi connectivity index (χ0) is 22.7. The fraction of sp³-hybridized carbons (Fsp3) is 0.286. The zero-order valence-corrected chi connectivity index (χ0v) is 20.3. The molecule has 0 aliphatic rings. The van der Waals surface area contributed by atoms with Gasteiger partial charge in [0.25, 0.3) is 5.56 Å². The van der Waals surface area contributed by atoms with Crippen LogP contribution in [0.15, 0.2) is 49.2 Å². The van der Waals surface area contributed by atoms with E-state index >= 15 is 0 Å². The first-order chi connectivity index (χ1) is 14.8. The van der Waals surface area contributed by atoms with Crippen molar-refractivity contribution in [2.45, 2.75) is 33.1 Å². The minimum atomic E-state index is -0.515. The van der Waals surface area contributed by atoms with Crippen LogP contribution in [-0.4, -0.2) is 27.4 Å². The number of rotatable bonds is 7. The first kappa shape index (κ1) is 23.1. The second-order valence-electron chi connectivity index (χ2n) is 6.84. The number of benzene rings is 2. The molecule has 10 heteroatoms. The summed E-state index contributed by atoms with van der Waals surface area (Å²) in [6.45, 7) is 5.95. The van der Waals surface area contributed by atoms with Crippen LogP contribution in [0.2, 0.25) is 0 Å². The van der Waals surface area contributed by atoms with Gasteiger partial charge in [-0.2, -0.15) is 9.78 Å². The predicted octanol–water partition coefficient (Wildman–Crippen LogP) is 5.62. The molecule has 0 bridgehead atoms. The second-order valence-corrected chi connectivity index (χ2v) is 8.67. The summed E-state index contributed by atoms with van der Waals surface area (Å²) in [5.41, 5.74) is 0.454. The number of nitrogens with zero attached hydrogens (tertiary/aromatic N) is 4. The van der Waals surface area contributed by atoms with Gasteiger partial charge in [0, 0.05) is 26.5 Å². The molecule has 1 heterocycles. The van der Waals surface area contributed by atoms with Crippen LogP contribution >= 0.6 is 31.9 Å². The van der Waals surface area contributed by atoms with Crippen molar-refractivity contribution in [3.63, 3.8) is 0 Å². The molecule has 0 aliphatic heterocycles. The van der Waals surface area contributed by atoms with Crippen molar-refractivity contribution >= 4 is 54.7 Å². The molecule has 8 nitrogen and oxygen atoms in total. The molecule has 0 unspecified atom stereocenters. The Balaban J connectivity index is 2.25. The van der Waals surface area contributed by atoms with Crippen LogP contribution in [0.4, 0.5) is 5.69 Å². The van der Waals surface area contributed by atoms with Gasteiger partial charge in [0.15, 0.2) is 0 Å². The molecular formula is C21H20Br2N4O4. The Bertz CT molecular complexity index is 1240. The van der Waals surface area contributed by atoms with Crippen LogP contribution in [0, 0.1) is 10.1 Å². The number of aromatic nitrogens is 2. The predicted molar refractivity (Wildman–Crippen MR) is 127 cm³/mol. The lowest BCUT2D eigenvalue weighted by Crippen LogP contribution is -2.23. The van der Waals surface area contributed by atoms with Crippen LogP contribution in [0.5, 0.6) is 5.75 Å². The van der Waals surface area contributed by atoms with Gasteiger partial charge in [-0.25, -0.2) is 4.98 Å². The van der Waals surface area contributed by atoms with E-state index < -0.39 is 4.92 Å². The van der Waals surface area contributed by atoms with Gasteiger partial charge in [-0.1, -0.05) is 45.7 Å². The summed E-state index contributed by atoms with van der Waals surface area (Å²) in [6.07, 6.45) is 2.15. The molecule has 0 radical (unpaired) electrons. The van der Waals surface area contributed by atoms with E-state index in [2.05, 4.69) is 41.9 Å². The van der Waals surface area contributed by atoms with E-state index in [1.54, 1.807) is 25.1 Å². The zero-order valence-electron chi connectivity index (χ0n) is 17.1. The molecule has 3 rings (SSSR count). The van der Waals surface area contributed by atoms with E-state index in [9.17, 15) is 14.9 Å². The van der Waals surface area contributed by atoms with Crippen LogP contribution in [0.25, 0.3) is 10.9 Å². The van der Waals surface area contributed by atoms with Gasteiger partial charge in [0.1, 0.15) is 5.82 Å². The Hall–Kier alpha value is -2.59. The first-order valence-corrected chi connectivity index (χ1v) is 11.2. The lowest BCUT2D eigenvalue weighted by atomic mass is 10.1. The summed E-state index contributed by atoms with van der Waals surface area (Å²) in [7, 11) is 0. The van der Waals surface area contributed by atoms with Gasteiger partial charge < -0.3 is 4.74 Å². The van der Waals surface area contributed by atoms with Gasteiger partial charge >= 0.3 is 5.69 Å². The quantitative estimate of drug-likeness (QED) is 0.215. The van der Waals surface area contributed by atoms with E-state index in [1.807, 2.05) is 19.9 Å². The van der Waals surface area contributed by atoms with Crippen molar-refractivity contribution in [1.82, 2.24) is 9.66 Å². The third-order valence-electron chi connectivity index (χ3n) is 4.75. The Labute approximate surface area is 195 Å². The lowest BCUT2D eigenvalue weighted by Gasteiger charge is -2.14. The Morgan fingerprint density at radius 2 is 2.00 bits per heavy atom. The molecule has 162 valence electrons. The van der Waals surface area contributed by atoms with Crippen molar-refractivity contribution in [3.05, 3.63) is 71.1 Å². The Kier molecular flexibility index (Phi) is 7.22.